The molecule has 0 aliphatic carbocycles. The largest absolute Gasteiger partial charge is 0.350 e. The first-order chi connectivity index (χ1) is 9.22. The lowest BCUT2D eigenvalue weighted by Crippen LogP contribution is -2.63. The second-order valence-electron chi connectivity index (χ2n) is 5.21. The third-order valence-electron chi connectivity index (χ3n) is 4.00. The number of nitrogens with one attached hydrogen (secondary N) is 1. The SMILES string of the molecule is O=C(NCC1CN2CCN1CC2)c1ccc(Cl)cc1. The number of carbonyl (C=O) groups excluding carboxylic acids is 1. The fraction of sp³-hybridized carbons (Fsp3) is 0.500. The molecule has 3 saturated heterocycles. The molecule has 4 rings (SSSR count). The Hall–Kier alpha value is -1.10. The molecule has 0 radical (unpaired) electrons. The smallest absolute Gasteiger partial charge is 0.251 e. The third kappa shape index (κ3) is 2.91. The van der Waals surface area contributed by atoms with E-state index in [9.17, 15) is 4.79 Å². The van der Waals surface area contributed by atoms with Gasteiger partial charge in [-0.05, 0) is 24.3 Å². The van der Waals surface area contributed by atoms with Gasteiger partial charge in [-0.15, -0.1) is 0 Å². The fourth-order valence-electron chi connectivity index (χ4n) is 2.83. The van der Waals surface area contributed by atoms with E-state index >= 15 is 0 Å². The van der Waals surface area contributed by atoms with Crippen molar-refractivity contribution in [2.75, 3.05) is 39.3 Å². The number of halogens is 1. The normalized spacial score (nSPS) is 29.2. The summed E-state index contributed by atoms with van der Waals surface area (Å²) in [7, 11) is 0. The molecular formula is C14H18ClN3O. The van der Waals surface area contributed by atoms with Crippen LogP contribution in [0.25, 0.3) is 0 Å². The molecule has 2 bridgehead atoms. The number of carbonyl (C=O) groups is 1. The molecule has 1 aromatic rings. The van der Waals surface area contributed by atoms with Gasteiger partial charge in [0.2, 0.25) is 0 Å². The Morgan fingerprint density at radius 1 is 1.21 bits per heavy atom. The van der Waals surface area contributed by atoms with E-state index in [0.717, 1.165) is 26.2 Å². The molecular weight excluding hydrogens is 262 g/mol. The predicted octanol–water partition coefficient (Wildman–Crippen LogP) is 1.07. The summed E-state index contributed by atoms with van der Waals surface area (Å²) in [4.78, 5) is 17.0. The van der Waals surface area contributed by atoms with Crippen LogP contribution in [0.2, 0.25) is 5.02 Å². The van der Waals surface area contributed by atoms with Crippen molar-refractivity contribution in [3.05, 3.63) is 34.9 Å². The monoisotopic (exact) mass is 279 g/mol. The van der Waals surface area contributed by atoms with Crippen molar-refractivity contribution in [1.82, 2.24) is 15.1 Å². The van der Waals surface area contributed by atoms with E-state index < -0.39 is 0 Å². The van der Waals surface area contributed by atoms with Gasteiger partial charge in [-0.25, -0.2) is 0 Å². The molecule has 19 heavy (non-hydrogen) atoms. The number of benzene rings is 1. The van der Waals surface area contributed by atoms with Crippen LogP contribution < -0.4 is 5.32 Å². The molecule has 3 aliphatic heterocycles. The Morgan fingerprint density at radius 3 is 2.47 bits per heavy atom. The molecule has 1 aromatic carbocycles. The zero-order valence-electron chi connectivity index (χ0n) is 10.8. The summed E-state index contributed by atoms with van der Waals surface area (Å²) >= 11 is 5.81. The molecule has 3 aliphatic rings. The highest BCUT2D eigenvalue weighted by molar-refractivity contribution is 6.30. The van der Waals surface area contributed by atoms with Crippen LogP contribution in [-0.2, 0) is 0 Å². The summed E-state index contributed by atoms with van der Waals surface area (Å²) < 4.78 is 0. The molecule has 0 aromatic heterocycles. The van der Waals surface area contributed by atoms with Gasteiger partial charge in [0.05, 0.1) is 0 Å². The van der Waals surface area contributed by atoms with Crippen LogP contribution in [0, 0.1) is 0 Å². The van der Waals surface area contributed by atoms with Gasteiger partial charge >= 0.3 is 0 Å². The average molecular weight is 280 g/mol. The topological polar surface area (TPSA) is 35.6 Å². The highest BCUT2D eigenvalue weighted by Crippen LogP contribution is 2.15. The maximum Gasteiger partial charge on any atom is 0.251 e. The van der Waals surface area contributed by atoms with Crippen LogP contribution in [0.15, 0.2) is 24.3 Å². The van der Waals surface area contributed by atoms with Crippen molar-refractivity contribution in [3.63, 3.8) is 0 Å². The van der Waals surface area contributed by atoms with E-state index in [1.165, 1.54) is 13.1 Å². The van der Waals surface area contributed by atoms with Gasteiger partial charge in [-0.3, -0.25) is 14.6 Å². The summed E-state index contributed by atoms with van der Waals surface area (Å²) in [5.74, 6) is -0.0192. The Balaban J connectivity index is 1.54. The second-order valence-corrected chi connectivity index (χ2v) is 5.64. The Bertz CT molecular complexity index is 454. The van der Waals surface area contributed by atoms with Gasteiger partial charge in [-0.2, -0.15) is 0 Å². The van der Waals surface area contributed by atoms with E-state index in [4.69, 9.17) is 11.6 Å². The Morgan fingerprint density at radius 2 is 1.89 bits per heavy atom. The molecule has 1 amide bonds. The molecule has 3 fully saturated rings. The lowest BCUT2D eigenvalue weighted by molar-refractivity contribution is 0.0138. The molecule has 5 heteroatoms. The molecule has 102 valence electrons. The zero-order valence-corrected chi connectivity index (χ0v) is 11.6. The maximum absolute atomic E-state index is 12.0. The van der Waals surface area contributed by atoms with Gasteiger partial charge < -0.3 is 5.32 Å². The lowest BCUT2D eigenvalue weighted by Gasteiger charge is -2.47. The molecule has 4 nitrogen and oxygen atoms in total. The standard InChI is InChI=1S/C14H18ClN3O/c15-12-3-1-11(2-4-12)14(19)16-9-13-10-17-5-7-18(13)8-6-17/h1-4,13H,5-10H2,(H,16,19). The number of piperazine rings is 3. The quantitative estimate of drug-likeness (QED) is 0.899. The zero-order chi connectivity index (χ0) is 13.2. The van der Waals surface area contributed by atoms with Gasteiger partial charge in [-0.1, -0.05) is 11.6 Å². The van der Waals surface area contributed by atoms with Crippen molar-refractivity contribution < 1.29 is 4.79 Å². The van der Waals surface area contributed by atoms with Crippen molar-refractivity contribution in [3.8, 4) is 0 Å². The van der Waals surface area contributed by atoms with E-state index in [2.05, 4.69) is 15.1 Å². The van der Waals surface area contributed by atoms with Crippen molar-refractivity contribution >= 4 is 17.5 Å². The van der Waals surface area contributed by atoms with Crippen LogP contribution in [-0.4, -0.2) is 61.0 Å². The summed E-state index contributed by atoms with van der Waals surface area (Å²) in [5, 5.41) is 3.68. The summed E-state index contributed by atoms with van der Waals surface area (Å²) in [6.45, 7) is 6.38. The van der Waals surface area contributed by atoms with Crippen molar-refractivity contribution in [2.45, 2.75) is 6.04 Å². The molecule has 1 unspecified atom stereocenters. The maximum atomic E-state index is 12.0. The first-order valence-corrected chi connectivity index (χ1v) is 7.10. The minimum absolute atomic E-state index is 0.0192. The second kappa shape index (κ2) is 5.49. The van der Waals surface area contributed by atoms with E-state index in [-0.39, 0.29) is 5.91 Å². The lowest BCUT2D eigenvalue weighted by atomic mass is 10.1. The first kappa shape index (κ1) is 12.9. The number of rotatable bonds is 3. The minimum atomic E-state index is -0.0192. The van der Waals surface area contributed by atoms with Gasteiger partial charge in [0.1, 0.15) is 0 Å². The van der Waals surface area contributed by atoms with Crippen LogP contribution in [0.1, 0.15) is 10.4 Å². The molecule has 3 heterocycles. The molecule has 1 N–H and O–H groups in total. The summed E-state index contributed by atoms with van der Waals surface area (Å²) in [6, 6.07) is 7.46. The minimum Gasteiger partial charge on any atom is -0.350 e. The van der Waals surface area contributed by atoms with Gasteiger partial charge in [0.25, 0.3) is 5.91 Å². The third-order valence-corrected chi connectivity index (χ3v) is 4.25. The van der Waals surface area contributed by atoms with Crippen LogP contribution >= 0.6 is 11.6 Å². The molecule has 0 spiro atoms. The first-order valence-electron chi connectivity index (χ1n) is 6.72. The van der Waals surface area contributed by atoms with Gasteiger partial charge in [0.15, 0.2) is 0 Å². The van der Waals surface area contributed by atoms with E-state index in [0.29, 0.717) is 16.6 Å². The molecule has 0 saturated carbocycles. The van der Waals surface area contributed by atoms with Crippen molar-refractivity contribution in [1.29, 1.82) is 0 Å². The Labute approximate surface area is 118 Å². The van der Waals surface area contributed by atoms with Crippen molar-refractivity contribution in [2.24, 2.45) is 0 Å². The van der Waals surface area contributed by atoms with Gasteiger partial charge in [0, 0.05) is 55.9 Å². The van der Waals surface area contributed by atoms with Crippen LogP contribution in [0.5, 0.6) is 0 Å². The average Bonchev–Trinajstić information content (AvgIpc) is 2.47. The number of nitrogens with zero attached hydrogens (tertiary/aromatic N) is 2. The highest BCUT2D eigenvalue weighted by Gasteiger charge is 2.31. The number of fused-ring (bicyclic) bond motifs is 3. The number of hydrogen-bond donors (Lipinski definition) is 1. The summed E-state index contributed by atoms with van der Waals surface area (Å²) in [6.07, 6.45) is 0. The van der Waals surface area contributed by atoms with E-state index in [1.807, 2.05) is 0 Å². The predicted molar refractivity (Wildman–Crippen MR) is 75.6 cm³/mol. The number of hydrogen-bond acceptors (Lipinski definition) is 3. The molecule has 1 atom stereocenters. The summed E-state index contributed by atoms with van der Waals surface area (Å²) in [5.41, 5.74) is 0.667. The van der Waals surface area contributed by atoms with E-state index in [1.54, 1.807) is 24.3 Å². The number of amides is 1. The highest BCUT2D eigenvalue weighted by atomic mass is 35.5. The fourth-order valence-corrected chi connectivity index (χ4v) is 2.96. The van der Waals surface area contributed by atoms with Crippen LogP contribution in [0.3, 0.4) is 0 Å². The van der Waals surface area contributed by atoms with Crippen LogP contribution in [0.4, 0.5) is 0 Å². The Kier molecular flexibility index (Phi) is 3.73.